The van der Waals surface area contributed by atoms with E-state index in [9.17, 15) is 4.79 Å². The van der Waals surface area contributed by atoms with E-state index in [1.165, 1.54) is 0 Å². The van der Waals surface area contributed by atoms with Crippen molar-refractivity contribution in [2.45, 2.75) is 20.4 Å². The second-order valence-electron chi connectivity index (χ2n) is 4.37. The topological polar surface area (TPSA) is 53.9 Å². The average molecular weight is 290 g/mol. The molecule has 1 N–H and O–H groups in total. The normalized spacial score (nSPS) is 10.5. The summed E-state index contributed by atoms with van der Waals surface area (Å²) in [6, 6.07) is 9.70. The summed E-state index contributed by atoms with van der Waals surface area (Å²) in [5, 5.41) is 6.99. The summed E-state index contributed by atoms with van der Waals surface area (Å²) >= 11 is 5.22. The second-order valence-corrected chi connectivity index (χ2v) is 4.76. The van der Waals surface area contributed by atoms with Gasteiger partial charge in [0.1, 0.15) is 6.54 Å². The molecule has 6 heteroatoms. The summed E-state index contributed by atoms with van der Waals surface area (Å²) in [6.07, 6.45) is 0. The fourth-order valence-electron chi connectivity index (χ4n) is 2.08. The average Bonchev–Trinajstić information content (AvgIpc) is 2.82. The van der Waals surface area contributed by atoms with Gasteiger partial charge < -0.3 is 4.90 Å². The Labute approximate surface area is 123 Å². The first-order valence-corrected chi connectivity index (χ1v) is 7.06. The number of carbonyl (C=O) groups is 1. The molecule has 0 unspecified atom stereocenters. The van der Waals surface area contributed by atoms with Crippen molar-refractivity contribution >= 4 is 18.1 Å². The van der Waals surface area contributed by atoms with Crippen molar-refractivity contribution in [1.29, 1.82) is 0 Å². The first-order chi connectivity index (χ1) is 9.67. The number of nitrogens with zero attached hydrogens (tertiary/aromatic N) is 3. The molecular formula is C14H18N4OS. The highest BCUT2D eigenvalue weighted by Crippen LogP contribution is 2.16. The third-order valence-electron chi connectivity index (χ3n) is 3.20. The van der Waals surface area contributed by atoms with Crippen LogP contribution in [0.3, 0.4) is 0 Å². The number of amides is 1. The lowest BCUT2D eigenvalue weighted by Gasteiger charge is -2.19. The van der Waals surface area contributed by atoms with Gasteiger partial charge in [-0.1, -0.05) is 30.3 Å². The number of carbonyl (C=O) groups excluding carboxylic acids is 1. The summed E-state index contributed by atoms with van der Waals surface area (Å²) in [6.45, 7) is 5.53. The van der Waals surface area contributed by atoms with Gasteiger partial charge in [-0.3, -0.25) is 14.5 Å². The van der Waals surface area contributed by atoms with Gasteiger partial charge in [0.25, 0.3) is 0 Å². The van der Waals surface area contributed by atoms with Gasteiger partial charge in [0, 0.05) is 18.7 Å². The van der Waals surface area contributed by atoms with Crippen LogP contribution in [-0.4, -0.2) is 38.7 Å². The van der Waals surface area contributed by atoms with Gasteiger partial charge >= 0.3 is 0 Å². The third kappa shape index (κ3) is 2.96. The van der Waals surface area contributed by atoms with Crippen LogP contribution in [0.2, 0.25) is 0 Å². The summed E-state index contributed by atoms with van der Waals surface area (Å²) in [5.74, 6) is 0.737. The number of benzene rings is 1. The van der Waals surface area contributed by atoms with Crippen molar-refractivity contribution in [3.05, 3.63) is 35.1 Å². The fourth-order valence-corrected chi connectivity index (χ4v) is 2.28. The third-order valence-corrected chi connectivity index (χ3v) is 3.51. The van der Waals surface area contributed by atoms with E-state index in [2.05, 4.69) is 10.2 Å². The van der Waals surface area contributed by atoms with Crippen LogP contribution in [0.5, 0.6) is 0 Å². The zero-order valence-corrected chi connectivity index (χ0v) is 12.5. The number of aromatic amines is 1. The zero-order valence-electron chi connectivity index (χ0n) is 11.7. The lowest BCUT2D eigenvalue weighted by molar-refractivity contribution is -0.131. The number of aromatic nitrogens is 3. The van der Waals surface area contributed by atoms with Crippen molar-refractivity contribution in [3.63, 3.8) is 0 Å². The fraction of sp³-hybridized carbons (Fsp3) is 0.357. The van der Waals surface area contributed by atoms with Crippen LogP contribution in [0.15, 0.2) is 30.3 Å². The highest BCUT2D eigenvalue weighted by atomic mass is 32.1. The largest absolute Gasteiger partial charge is 0.342 e. The van der Waals surface area contributed by atoms with Crippen molar-refractivity contribution < 1.29 is 4.79 Å². The molecule has 0 radical (unpaired) electrons. The van der Waals surface area contributed by atoms with Gasteiger partial charge in [-0.2, -0.15) is 5.10 Å². The minimum Gasteiger partial charge on any atom is -0.342 e. The molecule has 0 aliphatic carbocycles. The minimum absolute atomic E-state index is 0.0460. The van der Waals surface area contributed by atoms with Crippen LogP contribution in [0.25, 0.3) is 11.4 Å². The predicted octanol–water partition coefficient (Wildman–Crippen LogP) is 2.48. The van der Waals surface area contributed by atoms with E-state index in [1.54, 1.807) is 9.47 Å². The Morgan fingerprint density at radius 3 is 2.55 bits per heavy atom. The molecule has 0 bridgehead atoms. The van der Waals surface area contributed by atoms with Crippen LogP contribution < -0.4 is 0 Å². The quantitative estimate of drug-likeness (QED) is 0.861. The number of hydrogen-bond donors (Lipinski definition) is 1. The minimum atomic E-state index is 0.0460. The monoisotopic (exact) mass is 290 g/mol. The SMILES string of the molecule is CCN(CC)C(=O)Cn1c(-c2ccccc2)n[nH]c1=S. The predicted molar refractivity (Wildman–Crippen MR) is 80.8 cm³/mol. The lowest BCUT2D eigenvalue weighted by Crippen LogP contribution is -2.33. The Bertz CT molecular complexity index is 628. The van der Waals surface area contributed by atoms with E-state index >= 15 is 0 Å². The first-order valence-electron chi connectivity index (χ1n) is 6.65. The van der Waals surface area contributed by atoms with E-state index in [1.807, 2.05) is 44.2 Å². The maximum atomic E-state index is 12.2. The van der Waals surface area contributed by atoms with Crippen molar-refractivity contribution in [2.24, 2.45) is 0 Å². The Morgan fingerprint density at radius 1 is 1.30 bits per heavy atom. The second kappa shape index (κ2) is 6.47. The van der Waals surface area contributed by atoms with Crippen LogP contribution in [0.4, 0.5) is 0 Å². The summed E-state index contributed by atoms with van der Waals surface area (Å²) < 4.78 is 2.20. The Hall–Kier alpha value is -1.95. The van der Waals surface area contributed by atoms with E-state index in [-0.39, 0.29) is 12.5 Å². The summed E-state index contributed by atoms with van der Waals surface area (Å²) in [7, 11) is 0. The molecule has 1 aromatic heterocycles. The van der Waals surface area contributed by atoms with Gasteiger partial charge in [0.2, 0.25) is 5.91 Å². The van der Waals surface area contributed by atoms with Crippen LogP contribution in [0.1, 0.15) is 13.8 Å². The standard InChI is InChI=1S/C14H18N4OS/c1-3-17(4-2)12(19)10-18-13(15-16-14(18)20)11-8-6-5-7-9-11/h5-9H,3-4,10H2,1-2H3,(H,16,20). The molecule has 1 aromatic carbocycles. The summed E-state index contributed by atoms with van der Waals surface area (Å²) in [4.78, 5) is 14.0. The van der Waals surface area contributed by atoms with Crippen molar-refractivity contribution in [1.82, 2.24) is 19.7 Å². The van der Waals surface area contributed by atoms with Crippen LogP contribution in [0, 0.1) is 4.77 Å². The van der Waals surface area contributed by atoms with Crippen molar-refractivity contribution in [2.75, 3.05) is 13.1 Å². The number of nitrogens with one attached hydrogen (secondary N) is 1. The smallest absolute Gasteiger partial charge is 0.242 e. The molecule has 1 amide bonds. The van der Waals surface area contributed by atoms with E-state index in [0.29, 0.717) is 23.7 Å². The molecular weight excluding hydrogens is 272 g/mol. The molecule has 1 heterocycles. The molecule has 20 heavy (non-hydrogen) atoms. The molecule has 106 valence electrons. The number of hydrogen-bond acceptors (Lipinski definition) is 3. The molecule has 0 saturated heterocycles. The molecule has 2 rings (SSSR count). The lowest BCUT2D eigenvalue weighted by atomic mass is 10.2. The number of rotatable bonds is 5. The molecule has 0 saturated carbocycles. The molecule has 2 aromatic rings. The molecule has 0 aliphatic heterocycles. The van der Waals surface area contributed by atoms with Gasteiger partial charge in [-0.25, -0.2) is 0 Å². The molecule has 0 aliphatic rings. The molecule has 5 nitrogen and oxygen atoms in total. The molecule has 0 spiro atoms. The maximum absolute atomic E-state index is 12.2. The van der Waals surface area contributed by atoms with Crippen LogP contribution in [-0.2, 0) is 11.3 Å². The summed E-state index contributed by atoms with van der Waals surface area (Å²) in [5.41, 5.74) is 0.937. The highest BCUT2D eigenvalue weighted by molar-refractivity contribution is 7.71. The van der Waals surface area contributed by atoms with Crippen LogP contribution >= 0.6 is 12.2 Å². The van der Waals surface area contributed by atoms with Gasteiger partial charge in [0.05, 0.1) is 0 Å². The van der Waals surface area contributed by atoms with Gasteiger partial charge in [0.15, 0.2) is 10.6 Å². The maximum Gasteiger partial charge on any atom is 0.242 e. The van der Waals surface area contributed by atoms with E-state index < -0.39 is 0 Å². The highest BCUT2D eigenvalue weighted by Gasteiger charge is 2.15. The van der Waals surface area contributed by atoms with E-state index in [0.717, 1.165) is 5.56 Å². The number of H-pyrrole nitrogens is 1. The van der Waals surface area contributed by atoms with Gasteiger partial charge in [-0.15, -0.1) is 0 Å². The zero-order chi connectivity index (χ0) is 14.5. The Balaban J connectivity index is 2.31. The molecule has 0 fully saturated rings. The van der Waals surface area contributed by atoms with Gasteiger partial charge in [-0.05, 0) is 26.1 Å². The molecule has 0 atom stereocenters. The van der Waals surface area contributed by atoms with E-state index in [4.69, 9.17) is 12.2 Å². The number of likely N-dealkylation sites (N-methyl/N-ethyl adjacent to an activating group) is 1. The Morgan fingerprint density at radius 2 is 1.95 bits per heavy atom. The van der Waals surface area contributed by atoms with Crippen molar-refractivity contribution in [3.8, 4) is 11.4 Å². The Kier molecular flexibility index (Phi) is 4.68. The first kappa shape index (κ1) is 14.5.